The zero-order valence-electron chi connectivity index (χ0n) is 15.1. The fourth-order valence-electron chi connectivity index (χ4n) is 2.69. The van der Waals surface area contributed by atoms with Gasteiger partial charge in [-0.15, -0.1) is 0 Å². The highest BCUT2D eigenvalue weighted by Crippen LogP contribution is 2.13. The van der Waals surface area contributed by atoms with Crippen LogP contribution in [0.3, 0.4) is 0 Å². The molecule has 0 bridgehead atoms. The molecule has 6 nitrogen and oxygen atoms in total. The van der Waals surface area contributed by atoms with Crippen molar-refractivity contribution in [3.8, 4) is 0 Å². The number of anilines is 1. The van der Waals surface area contributed by atoms with Crippen molar-refractivity contribution in [2.45, 2.75) is 32.1 Å². The average molecular weight is 368 g/mol. The van der Waals surface area contributed by atoms with Crippen LogP contribution in [0.25, 0.3) is 0 Å². The van der Waals surface area contributed by atoms with Crippen LogP contribution < -0.4 is 5.73 Å². The lowest BCUT2D eigenvalue weighted by molar-refractivity contribution is -0.137. The van der Waals surface area contributed by atoms with Crippen LogP contribution in [-0.2, 0) is 16.0 Å². The van der Waals surface area contributed by atoms with E-state index in [2.05, 4.69) is 0 Å². The highest BCUT2D eigenvalue weighted by Gasteiger charge is 2.22. The molecular formula is C21H24N2O4. The molecule has 6 heteroatoms. The molecule has 3 N–H and O–H groups in total. The number of carbonyl (C=O) groups excluding carboxylic acids is 2. The maximum Gasteiger partial charge on any atom is 0.303 e. The largest absolute Gasteiger partial charge is 0.481 e. The highest BCUT2D eigenvalue weighted by molar-refractivity contribution is 6.04. The van der Waals surface area contributed by atoms with Crippen molar-refractivity contribution in [3.05, 3.63) is 65.7 Å². The van der Waals surface area contributed by atoms with Gasteiger partial charge in [0.15, 0.2) is 0 Å². The van der Waals surface area contributed by atoms with Crippen LogP contribution in [0.15, 0.2) is 54.6 Å². The minimum atomic E-state index is -0.888. The summed E-state index contributed by atoms with van der Waals surface area (Å²) >= 11 is 0. The standard InChI is InChI=1S/C21H24N2O4/c22-18-12-10-17(11-13-18)21(27)23(15-14-16-6-2-1-3-7-16)19(24)8-4-5-9-20(25)26/h1-3,6-7,10-13H,4-5,8-9,14-15,22H2,(H,25,26). The topological polar surface area (TPSA) is 101 Å². The molecule has 27 heavy (non-hydrogen) atoms. The molecule has 0 saturated heterocycles. The number of benzene rings is 2. The maximum atomic E-state index is 12.8. The minimum Gasteiger partial charge on any atom is -0.481 e. The summed E-state index contributed by atoms with van der Waals surface area (Å²) in [5, 5.41) is 8.70. The number of nitrogens with two attached hydrogens (primary N) is 1. The molecule has 142 valence electrons. The van der Waals surface area contributed by atoms with Gasteiger partial charge in [-0.3, -0.25) is 19.3 Å². The average Bonchev–Trinajstić information content (AvgIpc) is 2.66. The van der Waals surface area contributed by atoms with Crippen LogP contribution in [0.1, 0.15) is 41.6 Å². The van der Waals surface area contributed by atoms with Crippen LogP contribution in [0, 0.1) is 0 Å². The fourth-order valence-corrected chi connectivity index (χ4v) is 2.69. The molecule has 0 aliphatic carbocycles. The minimum absolute atomic E-state index is 0.0171. The third-order valence-electron chi connectivity index (χ3n) is 4.20. The molecule has 2 rings (SSSR count). The second-order valence-corrected chi connectivity index (χ2v) is 6.31. The van der Waals surface area contributed by atoms with Gasteiger partial charge < -0.3 is 10.8 Å². The van der Waals surface area contributed by atoms with Gasteiger partial charge in [0.2, 0.25) is 5.91 Å². The summed E-state index contributed by atoms with van der Waals surface area (Å²) in [6.45, 7) is 0.269. The smallest absolute Gasteiger partial charge is 0.303 e. The van der Waals surface area contributed by atoms with Gasteiger partial charge in [-0.1, -0.05) is 30.3 Å². The Balaban J connectivity index is 2.06. The number of carbonyl (C=O) groups is 3. The number of hydrogen-bond donors (Lipinski definition) is 2. The molecule has 0 unspecified atom stereocenters. The van der Waals surface area contributed by atoms with Crippen LogP contribution in [-0.4, -0.2) is 34.3 Å². The van der Waals surface area contributed by atoms with Crippen molar-refractivity contribution in [1.82, 2.24) is 4.90 Å². The van der Waals surface area contributed by atoms with E-state index >= 15 is 0 Å². The zero-order chi connectivity index (χ0) is 19.6. The monoisotopic (exact) mass is 368 g/mol. The van der Waals surface area contributed by atoms with Crippen molar-refractivity contribution in [1.29, 1.82) is 0 Å². The van der Waals surface area contributed by atoms with Gasteiger partial charge in [-0.2, -0.15) is 0 Å². The first-order chi connectivity index (χ1) is 13.0. The highest BCUT2D eigenvalue weighted by atomic mass is 16.4. The Kier molecular flexibility index (Phi) is 7.55. The number of aliphatic carboxylic acids is 1. The van der Waals surface area contributed by atoms with Gasteiger partial charge >= 0.3 is 5.97 Å². The van der Waals surface area contributed by atoms with E-state index in [1.165, 1.54) is 4.90 Å². The summed E-state index contributed by atoms with van der Waals surface area (Å²) in [5.41, 5.74) is 7.64. The van der Waals surface area contributed by atoms with Crippen molar-refractivity contribution in [3.63, 3.8) is 0 Å². The van der Waals surface area contributed by atoms with Crippen molar-refractivity contribution in [2.24, 2.45) is 0 Å². The molecule has 2 amide bonds. The van der Waals surface area contributed by atoms with Crippen LogP contribution >= 0.6 is 0 Å². The van der Waals surface area contributed by atoms with E-state index in [1.807, 2.05) is 30.3 Å². The first-order valence-corrected chi connectivity index (χ1v) is 8.93. The van der Waals surface area contributed by atoms with E-state index in [1.54, 1.807) is 24.3 Å². The Morgan fingerprint density at radius 2 is 1.52 bits per heavy atom. The van der Waals surface area contributed by atoms with E-state index in [-0.39, 0.29) is 31.2 Å². The molecule has 0 aliphatic rings. The summed E-state index contributed by atoms with van der Waals surface area (Å²) in [5.74, 6) is -1.55. The zero-order valence-corrected chi connectivity index (χ0v) is 15.1. The number of unbranched alkanes of at least 4 members (excludes halogenated alkanes) is 1. The number of nitrogens with zero attached hydrogens (tertiary/aromatic N) is 1. The van der Waals surface area contributed by atoms with Crippen molar-refractivity contribution in [2.75, 3.05) is 12.3 Å². The summed E-state index contributed by atoms with van der Waals surface area (Å²) < 4.78 is 0. The van der Waals surface area contributed by atoms with E-state index < -0.39 is 5.97 Å². The number of nitrogen functional groups attached to an aromatic ring is 1. The number of carboxylic acids is 1. The van der Waals surface area contributed by atoms with E-state index in [0.29, 0.717) is 30.5 Å². The van der Waals surface area contributed by atoms with E-state index in [4.69, 9.17) is 10.8 Å². The van der Waals surface area contributed by atoms with Gasteiger partial charge in [0, 0.05) is 30.6 Å². The molecule has 2 aromatic carbocycles. The molecular weight excluding hydrogens is 344 g/mol. The number of imide groups is 1. The second-order valence-electron chi connectivity index (χ2n) is 6.31. The molecule has 2 aromatic rings. The molecule has 0 radical (unpaired) electrons. The Labute approximate surface area is 158 Å². The third-order valence-corrected chi connectivity index (χ3v) is 4.20. The van der Waals surface area contributed by atoms with Gasteiger partial charge in [0.05, 0.1) is 0 Å². The summed E-state index contributed by atoms with van der Waals surface area (Å²) in [6.07, 6.45) is 1.56. The summed E-state index contributed by atoms with van der Waals surface area (Å²) in [6, 6.07) is 16.1. The summed E-state index contributed by atoms with van der Waals surface area (Å²) in [4.78, 5) is 37.3. The van der Waals surface area contributed by atoms with Crippen molar-refractivity contribution >= 4 is 23.5 Å². The Morgan fingerprint density at radius 1 is 0.889 bits per heavy atom. The molecule has 0 aromatic heterocycles. The summed E-state index contributed by atoms with van der Waals surface area (Å²) in [7, 11) is 0. The van der Waals surface area contributed by atoms with Gasteiger partial charge in [0.1, 0.15) is 0 Å². The first-order valence-electron chi connectivity index (χ1n) is 8.93. The van der Waals surface area contributed by atoms with Crippen LogP contribution in [0.5, 0.6) is 0 Å². The van der Waals surface area contributed by atoms with E-state index in [9.17, 15) is 14.4 Å². The SMILES string of the molecule is Nc1ccc(C(=O)N(CCc2ccccc2)C(=O)CCCCC(=O)O)cc1. The molecule has 0 saturated carbocycles. The number of carboxylic acid groups (broad SMARTS) is 1. The fraction of sp³-hybridized carbons (Fsp3) is 0.286. The Morgan fingerprint density at radius 3 is 2.15 bits per heavy atom. The van der Waals surface area contributed by atoms with Gasteiger partial charge in [-0.25, -0.2) is 0 Å². The maximum absolute atomic E-state index is 12.8. The quantitative estimate of drug-likeness (QED) is 0.523. The number of rotatable bonds is 9. The number of hydrogen-bond acceptors (Lipinski definition) is 4. The lowest BCUT2D eigenvalue weighted by Gasteiger charge is -2.21. The van der Waals surface area contributed by atoms with Crippen LogP contribution in [0.2, 0.25) is 0 Å². The van der Waals surface area contributed by atoms with Gasteiger partial charge in [0.25, 0.3) is 5.91 Å². The molecule has 0 fully saturated rings. The van der Waals surface area contributed by atoms with E-state index in [0.717, 1.165) is 5.56 Å². The predicted octanol–water partition coefficient (Wildman–Crippen LogP) is 3.13. The lowest BCUT2D eigenvalue weighted by atomic mass is 10.1. The van der Waals surface area contributed by atoms with Crippen molar-refractivity contribution < 1.29 is 19.5 Å². The first kappa shape index (κ1) is 20.2. The third kappa shape index (κ3) is 6.58. The second kappa shape index (κ2) is 10.1. The molecule has 0 aliphatic heterocycles. The molecule has 0 spiro atoms. The molecule has 0 atom stereocenters. The van der Waals surface area contributed by atoms with Gasteiger partial charge in [-0.05, 0) is 49.1 Å². The van der Waals surface area contributed by atoms with Crippen LogP contribution in [0.4, 0.5) is 5.69 Å². The Hall–Kier alpha value is -3.15. The Bertz CT molecular complexity index is 773. The lowest BCUT2D eigenvalue weighted by Crippen LogP contribution is -2.38. The predicted molar refractivity (Wildman–Crippen MR) is 103 cm³/mol. The normalized spacial score (nSPS) is 10.4. The molecule has 0 heterocycles. The number of amides is 2.